The van der Waals surface area contributed by atoms with Gasteiger partial charge in [-0.15, -0.1) is 0 Å². The third kappa shape index (κ3) is 1.59. The Morgan fingerprint density at radius 1 is 1.00 bits per heavy atom. The van der Waals surface area contributed by atoms with E-state index in [1.54, 1.807) is 0 Å². The van der Waals surface area contributed by atoms with E-state index in [1.807, 2.05) is 26.0 Å². The second-order valence-electron chi connectivity index (χ2n) is 3.22. The maximum atomic E-state index is 11.0. The van der Waals surface area contributed by atoms with E-state index >= 15 is 0 Å². The van der Waals surface area contributed by atoms with Crippen LogP contribution in [0.2, 0.25) is 0 Å². The van der Waals surface area contributed by atoms with Crippen LogP contribution >= 0.6 is 0 Å². The lowest BCUT2D eigenvalue weighted by atomic mass is 10.1. The highest BCUT2D eigenvalue weighted by Gasteiger charge is 1.99. The maximum Gasteiger partial charge on any atom is 0.0289 e. The van der Waals surface area contributed by atoms with E-state index in [0.717, 1.165) is 16.3 Å². The highest BCUT2D eigenvalue weighted by Crippen LogP contribution is 2.22. The molecule has 1 rings (SSSR count). The average Bonchev–Trinajstić information content (AvgIpc) is 1.96. The maximum absolute atomic E-state index is 11.0. The van der Waals surface area contributed by atoms with Gasteiger partial charge in [0, 0.05) is 5.69 Å². The molecule has 0 N–H and O–H groups in total. The second-order valence-corrected chi connectivity index (χ2v) is 3.22. The zero-order chi connectivity index (χ0) is 9.30. The predicted octanol–water partition coefficient (Wildman–Crippen LogP) is 2.55. The van der Waals surface area contributed by atoms with Gasteiger partial charge >= 0.3 is 0 Å². The number of hydroxylamine groups is 1. The van der Waals surface area contributed by atoms with Gasteiger partial charge in [0.05, 0.1) is 0 Å². The molecule has 0 aliphatic rings. The Labute approximate surface area is 73.4 Å². The third-order valence-electron chi connectivity index (χ3n) is 2.15. The summed E-state index contributed by atoms with van der Waals surface area (Å²) in [7, 11) is 1.52. The highest BCUT2D eigenvalue weighted by molar-refractivity contribution is 5.56. The molecule has 0 bridgehead atoms. The molecule has 0 saturated heterocycles. The van der Waals surface area contributed by atoms with Gasteiger partial charge in [-0.1, -0.05) is 6.07 Å². The molecule has 1 aromatic rings. The van der Waals surface area contributed by atoms with Gasteiger partial charge in [0.25, 0.3) is 0 Å². The summed E-state index contributed by atoms with van der Waals surface area (Å²) in [5, 5.41) is 12.0. The quantitative estimate of drug-likeness (QED) is 0.596. The summed E-state index contributed by atoms with van der Waals surface area (Å²) in [6.45, 7) is 6.02. The van der Waals surface area contributed by atoms with Crippen molar-refractivity contribution in [1.82, 2.24) is 0 Å². The van der Waals surface area contributed by atoms with Crippen LogP contribution in [0, 0.1) is 26.0 Å². The average molecular weight is 164 g/mol. The molecule has 2 heteroatoms. The first-order chi connectivity index (χ1) is 5.52. The van der Waals surface area contributed by atoms with Crippen LogP contribution in [0.15, 0.2) is 12.1 Å². The number of nitrogens with zero attached hydrogens (tertiary/aromatic N) is 1. The number of anilines is 1. The van der Waals surface area contributed by atoms with Crippen LogP contribution in [-0.4, -0.2) is 7.05 Å². The van der Waals surface area contributed by atoms with Crippen molar-refractivity contribution >= 4 is 5.69 Å². The predicted molar refractivity (Wildman–Crippen MR) is 52.4 cm³/mol. The first kappa shape index (κ1) is 9.07. The summed E-state index contributed by atoms with van der Waals surface area (Å²) < 4.78 is 0. The number of benzene rings is 1. The van der Waals surface area contributed by atoms with Crippen LogP contribution in [0.1, 0.15) is 16.7 Å². The van der Waals surface area contributed by atoms with Crippen molar-refractivity contribution in [3.05, 3.63) is 34.0 Å². The Bertz CT molecular complexity index is 292. The molecule has 1 aromatic carbocycles. The zero-order valence-corrected chi connectivity index (χ0v) is 8.01. The van der Waals surface area contributed by atoms with Gasteiger partial charge in [0.15, 0.2) is 0 Å². The molecule has 0 spiro atoms. The standard InChI is InChI=1S/C10H14NO/c1-7-5-9(3)10(11(4)12)6-8(7)2/h5-6H,1-4H3/q-1. The van der Waals surface area contributed by atoms with Gasteiger partial charge in [0.2, 0.25) is 0 Å². The van der Waals surface area contributed by atoms with Crippen molar-refractivity contribution in [2.75, 3.05) is 12.1 Å². The lowest BCUT2D eigenvalue weighted by molar-refractivity contribution is 1.17. The normalized spacial score (nSPS) is 10.1. The molecule has 0 saturated carbocycles. The highest BCUT2D eigenvalue weighted by atomic mass is 16.5. The van der Waals surface area contributed by atoms with Crippen LogP contribution < -0.4 is 5.06 Å². The minimum absolute atomic E-state index is 0.762. The van der Waals surface area contributed by atoms with Crippen molar-refractivity contribution in [3.8, 4) is 0 Å². The third-order valence-corrected chi connectivity index (χ3v) is 2.15. The fourth-order valence-corrected chi connectivity index (χ4v) is 1.28. The summed E-state index contributed by atoms with van der Waals surface area (Å²) in [6, 6.07) is 3.97. The minimum atomic E-state index is 0.762. The molecule has 12 heavy (non-hydrogen) atoms. The minimum Gasteiger partial charge on any atom is -0.758 e. The molecule has 0 radical (unpaired) electrons. The molecule has 0 fully saturated rings. The van der Waals surface area contributed by atoms with E-state index in [4.69, 9.17) is 0 Å². The van der Waals surface area contributed by atoms with Crippen LogP contribution in [0.25, 0.3) is 0 Å². The van der Waals surface area contributed by atoms with Crippen LogP contribution in [0.5, 0.6) is 0 Å². The summed E-state index contributed by atoms with van der Waals surface area (Å²) >= 11 is 0. The van der Waals surface area contributed by atoms with Gasteiger partial charge in [-0.2, -0.15) is 0 Å². The monoisotopic (exact) mass is 164 g/mol. The van der Waals surface area contributed by atoms with E-state index in [1.165, 1.54) is 18.2 Å². The summed E-state index contributed by atoms with van der Waals surface area (Å²) in [6.07, 6.45) is 0. The van der Waals surface area contributed by atoms with Crippen molar-refractivity contribution in [3.63, 3.8) is 0 Å². The van der Waals surface area contributed by atoms with Gasteiger partial charge in [-0.3, -0.25) is 0 Å². The largest absolute Gasteiger partial charge is 0.758 e. The molecule has 0 unspecified atom stereocenters. The van der Waals surface area contributed by atoms with E-state index in [9.17, 15) is 5.21 Å². The molecule has 0 atom stereocenters. The van der Waals surface area contributed by atoms with Gasteiger partial charge in [0.1, 0.15) is 0 Å². The number of aryl methyl sites for hydroxylation is 3. The lowest BCUT2D eigenvalue weighted by Gasteiger charge is -2.27. The Morgan fingerprint density at radius 2 is 1.50 bits per heavy atom. The number of hydrogen-bond donors (Lipinski definition) is 0. The fourth-order valence-electron chi connectivity index (χ4n) is 1.28. The first-order valence-corrected chi connectivity index (χ1v) is 4.01. The first-order valence-electron chi connectivity index (χ1n) is 4.01. The Hall–Kier alpha value is -1.02. The van der Waals surface area contributed by atoms with Crippen LogP contribution in [0.4, 0.5) is 5.69 Å². The van der Waals surface area contributed by atoms with Gasteiger partial charge < -0.3 is 10.3 Å². The summed E-state index contributed by atoms with van der Waals surface area (Å²) in [5.41, 5.74) is 4.20. The van der Waals surface area contributed by atoms with Crippen LogP contribution in [-0.2, 0) is 0 Å². The molecule has 0 amide bonds. The second kappa shape index (κ2) is 3.15. The number of hydrogen-bond acceptors (Lipinski definition) is 2. The number of rotatable bonds is 1. The van der Waals surface area contributed by atoms with E-state index in [2.05, 4.69) is 6.92 Å². The summed E-state index contributed by atoms with van der Waals surface area (Å²) in [4.78, 5) is 0. The fraction of sp³-hybridized carbons (Fsp3) is 0.400. The zero-order valence-electron chi connectivity index (χ0n) is 8.01. The van der Waals surface area contributed by atoms with E-state index < -0.39 is 0 Å². The Balaban J connectivity index is 3.23. The molecule has 66 valence electrons. The van der Waals surface area contributed by atoms with Crippen molar-refractivity contribution in [2.24, 2.45) is 0 Å². The Kier molecular flexibility index (Phi) is 2.38. The lowest BCUT2D eigenvalue weighted by Crippen LogP contribution is -2.08. The van der Waals surface area contributed by atoms with Crippen molar-refractivity contribution < 1.29 is 0 Å². The van der Waals surface area contributed by atoms with Crippen molar-refractivity contribution in [1.29, 1.82) is 0 Å². The Morgan fingerprint density at radius 3 is 2.00 bits per heavy atom. The van der Waals surface area contributed by atoms with Gasteiger partial charge in [-0.25, -0.2) is 0 Å². The van der Waals surface area contributed by atoms with Crippen LogP contribution in [0.3, 0.4) is 0 Å². The molecular weight excluding hydrogens is 150 g/mol. The SMILES string of the molecule is Cc1cc(C)c(N(C)[O-])cc1C. The summed E-state index contributed by atoms with van der Waals surface area (Å²) in [5.74, 6) is 0. The molecule has 0 heterocycles. The topological polar surface area (TPSA) is 26.3 Å². The molecule has 0 aliphatic carbocycles. The smallest absolute Gasteiger partial charge is 0.0289 e. The molecule has 0 aliphatic heterocycles. The molecule has 0 aromatic heterocycles. The molecule has 2 nitrogen and oxygen atoms in total. The van der Waals surface area contributed by atoms with E-state index in [0.29, 0.717) is 0 Å². The van der Waals surface area contributed by atoms with Crippen molar-refractivity contribution in [2.45, 2.75) is 20.8 Å². The molecular formula is C10H14NO-. The van der Waals surface area contributed by atoms with E-state index in [-0.39, 0.29) is 0 Å². The van der Waals surface area contributed by atoms with Gasteiger partial charge in [-0.05, 0) is 50.6 Å².